The lowest BCUT2D eigenvalue weighted by Gasteiger charge is -2.16. The topological polar surface area (TPSA) is 101 Å². The van der Waals surface area contributed by atoms with Crippen LogP contribution in [0.1, 0.15) is 38.1 Å². The van der Waals surface area contributed by atoms with Crippen molar-refractivity contribution in [3.8, 4) is 16.8 Å². The van der Waals surface area contributed by atoms with Gasteiger partial charge in [-0.25, -0.2) is 23.7 Å². The Balaban J connectivity index is 1.94. The van der Waals surface area contributed by atoms with E-state index in [1.54, 1.807) is 12.4 Å². The lowest BCUT2D eigenvalue weighted by atomic mass is 10.0. The number of nitrogens with one attached hydrogen (secondary N) is 3. The van der Waals surface area contributed by atoms with Crippen LogP contribution in [-0.4, -0.2) is 26.7 Å². The number of pyridine rings is 1. The highest BCUT2D eigenvalue weighted by Crippen LogP contribution is 2.33. The van der Waals surface area contributed by atoms with Crippen LogP contribution in [0.4, 0.5) is 13.6 Å². The molecule has 0 saturated heterocycles. The number of hydrogen-bond acceptors (Lipinski definition) is 4. The maximum absolute atomic E-state index is 14.9. The molecule has 0 spiro atoms. The Morgan fingerprint density at radius 1 is 1.16 bits per heavy atom. The summed E-state index contributed by atoms with van der Waals surface area (Å²) in [6.07, 6.45) is 5.39. The molecule has 2 aromatic heterocycles. The molecule has 0 aliphatic rings. The summed E-state index contributed by atoms with van der Waals surface area (Å²) in [5, 5.41) is 6.79. The second-order valence-corrected chi connectivity index (χ2v) is 7.46. The number of halogens is 3. The smallest absolute Gasteiger partial charge is 0.329 e. The zero-order valence-electron chi connectivity index (χ0n) is 17.5. The summed E-state index contributed by atoms with van der Waals surface area (Å²) >= 11 is 6.05. The molecule has 0 saturated carbocycles. The first-order valence-corrected chi connectivity index (χ1v) is 10.1. The molecule has 0 aliphatic heterocycles. The van der Waals surface area contributed by atoms with E-state index in [1.165, 1.54) is 36.9 Å². The summed E-state index contributed by atoms with van der Waals surface area (Å²) in [4.78, 5) is 26.8. The summed E-state index contributed by atoms with van der Waals surface area (Å²) < 4.78 is 31.1. The van der Waals surface area contributed by atoms with Gasteiger partial charge in [0.05, 0.1) is 17.9 Å². The fourth-order valence-corrected chi connectivity index (χ4v) is 3.25. The van der Waals surface area contributed by atoms with Gasteiger partial charge in [0.25, 0.3) is 0 Å². The highest BCUT2D eigenvalue weighted by Gasteiger charge is 2.20. The van der Waals surface area contributed by atoms with Crippen molar-refractivity contribution in [3.05, 3.63) is 64.7 Å². The number of aromatic nitrogens is 3. The molecule has 1 unspecified atom stereocenters. The minimum absolute atomic E-state index is 0.0388. The fraction of sp³-hybridized carbons (Fsp3) is 0.238. The van der Waals surface area contributed by atoms with E-state index in [9.17, 15) is 18.4 Å². The van der Waals surface area contributed by atoms with E-state index in [2.05, 4.69) is 26.3 Å². The molecule has 0 radical (unpaired) electrons. The number of rotatable bonds is 5. The van der Waals surface area contributed by atoms with Crippen LogP contribution in [0, 0.1) is 11.6 Å². The van der Waals surface area contributed by atoms with Crippen molar-refractivity contribution in [1.82, 2.24) is 30.9 Å². The molecule has 3 rings (SSSR count). The number of carbonyl (C=O) groups is 2. The van der Waals surface area contributed by atoms with E-state index in [0.29, 0.717) is 5.56 Å². The molecular formula is C21H21ClF2N6O2. The zero-order valence-corrected chi connectivity index (χ0v) is 18.3. The van der Waals surface area contributed by atoms with E-state index in [4.69, 9.17) is 11.6 Å². The largest absolute Gasteiger partial charge is 0.334 e. The molecule has 0 aliphatic carbocycles. The van der Waals surface area contributed by atoms with Crippen molar-refractivity contribution < 1.29 is 18.4 Å². The summed E-state index contributed by atoms with van der Waals surface area (Å²) in [7, 11) is 0. The minimum Gasteiger partial charge on any atom is -0.329 e. The number of nitrogens with zero attached hydrogens (tertiary/aromatic N) is 3. The minimum atomic E-state index is -0.813. The predicted octanol–water partition coefficient (Wildman–Crippen LogP) is 3.84. The third kappa shape index (κ3) is 5.20. The first kappa shape index (κ1) is 23.1. The third-order valence-electron chi connectivity index (χ3n) is 4.59. The molecule has 0 bridgehead atoms. The Bertz CT molecular complexity index is 1170. The average Bonchev–Trinajstić information content (AvgIpc) is 3.20. The van der Waals surface area contributed by atoms with Gasteiger partial charge in [0.2, 0.25) is 5.91 Å². The number of amides is 3. The Hall–Kier alpha value is -3.53. The van der Waals surface area contributed by atoms with Crippen LogP contribution in [0.25, 0.3) is 16.8 Å². The Morgan fingerprint density at radius 3 is 2.53 bits per heavy atom. The Labute approximate surface area is 188 Å². The van der Waals surface area contributed by atoms with Gasteiger partial charge in [0, 0.05) is 35.5 Å². The van der Waals surface area contributed by atoms with Gasteiger partial charge < -0.3 is 5.32 Å². The van der Waals surface area contributed by atoms with Crippen molar-refractivity contribution >= 4 is 23.5 Å². The first-order chi connectivity index (χ1) is 15.2. The van der Waals surface area contributed by atoms with Crippen LogP contribution in [0.15, 0.2) is 36.8 Å². The molecule has 32 heavy (non-hydrogen) atoms. The summed E-state index contributed by atoms with van der Waals surface area (Å²) in [6, 6.07) is 2.30. The third-order valence-corrected chi connectivity index (χ3v) is 4.81. The lowest BCUT2D eigenvalue weighted by Crippen LogP contribution is -2.46. The zero-order chi connectivity index (χ0) is 23.4. The van der Waals surface area contributed by atoms with E-state index >= 15 is 0 Å². The summed E-state index contributed by atoms with van der Waals surface area (Å²) in [6.45, 7) is 4.70. The van der Waals surface area contributed by atoms with Crippen molar-refractivity contribution in [3.63, 3.8) is 0 Å². The van der Waals surface area contributed by atoms with Gasteiger partial charge in [-0.15, -0.1) is 0 Å². The van der Waals surface area contributed by atoms with Crippen molar-refractivity contribution in [1.29, 1.82) is 0 Å². The van der Waals surface area contributed by atoms with Gasteiger partial charge in [0.15, 0.2) is 5.82 Å². The molecule has 2 heterocycles. The van der Waals surface area contributed by atoms with Gasteiger partial charge in [-0.1, -0.05) is 18.5 Å². The molecular weight excluding hydrogens is 442 g/mol. The maximum Gasteiger partial charge on any atom is 0.334 e. The SMILES string of the molecule is CCc1cnn(-c2c(F)cc(Cl)cc2-c2cnc(C(C)NC(=O)NNC(C)=O)c(F)c2)c1. The Kier molecular flexibility index (Phi) is 7.04. The van der Waals surface area contributed by atoms with E-state index < -0.39 is 29.6 Å². The number of hydrazine groups is 1. The molecule has 3 amide bonds. The lowest BCUT2D eigenvalue weighted by molar-refractivity contribution is -0.119. The standard InChI is InChI=1S/C21H21ClF2N6O2/c1-4-13-8-26-30(10-13)20-16(6-15(22)7-18(20)24)14-5-17(23)19(25-9-14)11(2)27-21(32)29-28-12(3)31/h5-11H,4H2,1-3H3,(H,28,31)(H2,27,29,32). The van der Waals surface area contributed by atoms with Gasteiger partial charge >= 0.3 is 6.03 Å². The second-order valence-electron chi connectivity index (χ2n) is 7.02. The monoisotopic (exact) mass is 462 g/mol. The molecule has 3 N–H and O–H groups in total. The van der Waals surface area contributed by atoms with Crippen molar-refractivity contribution in [2.45, 2.75) is 33.2 Å². The normalized spacial score (nSPS) is 11.7. The Morgan fingerprint density at radius 2 is 1.91 bits per heavy atom. The quantitative estimate of drug-likeness (QED) is 0.501. The molecule has 11 heteroatoms. The average molecular weight is 463 g/mol. The van der Waals surface area contributed by atoms with Crippen LogP contribution < -0.4 is 16.2 Å². The fourth-order valence-electron chi connectivity index (χ4n) is 3.04. The van der Waals surface area contributed by atoms with Gasteiger partial charge in [-0.3, -0.25) is 15.2 Å². The van der Waals surface area contributed by atoms with E-state index in [1.807, 2.05) is 6.92 Å². The van der Waals surface area contributed by atoms with Crippen LogP contribution in [0.2, 0.25) is 5.02 Å². The van der Waals surface area contributed by atoms with Gasteiger partial charge in [0.1, 0.15) is 11.5 Å². The molecule has 1 aromatic carbocycles. The van der Waals surface area contributed by atoms with Gasteiger partial charge in [-0.2, -0.15) is 5.10 Å². The van der Waals surface area contributed by atoms with Crippen LogP contribution in [-0.2, 0) is 11.2 Å². The van der Waals surface area contributed by atoms with Crippen molar-refractivity contribution in [2.75, 3.05) is 0 Å². The van der Waals surface area contributed by atoms with E-state index in [-0.39, 0.29) is 22.0 Å². The molecule has 3 aromatic rings. The highest BCUT2D eigenvalue weighted by atomic mass is 35.5. The molecule has 0 fully saturated rings. The maximum atomic E-state index is 14.9. The van der Waals surface area contributed by atoms with Crippen LogP contribution >= 0.6 is 11.6 Å². The molecule has 168 valence electrons. The highest BCUT2D eigenvalue weighted by molar-refractivity contribution is 6.31. The van der Waals surface area contributed by atoms with Gasteiger partial charge in [-0.05, 0) is 37.1 Å². The first-order valence-electron chi connectivity index (χ1n) is 9.71. The number of urea groups is 1. The number of aryl methyl sites for hydroxylation is 1. The summed E-state index contributed by atoms with van der Waals surface area (Å²) in [5.74, 6) is -1.79. The number of carbonyl (C=O) groups excluding carboxylic acids is 2. The number of benzene rings is 1. The van der Waals surface area contributed by atoms with Crippen LogP contribution in [0.5, 0.6) is 0 Å². The summed E-state index contributed by atoms with van der Waals surface area (Å²) in [5.41, 5.74) is 5.81. The predicted molar refractivity (Wildman–Crippen MR) is 115 cm³/mol. The molecule has 1 atom stereocenters. The number of hydrogen-bond donors (Lipinski definition) is 3. The van der Waals surface area contributed by atoms with Crippen molar-refractivity contribution in [2.24, 2.45) is 0 Å². The molecule has 8 nitrogen and oxygen atoms in total. The van der Waals surface area contributed by atoms with E-state index in [0.717, 1.165) is 18.1 Å². The second kappa shape index (κ2) is 9.73. The van der Waals surface area contributed by atoms with Crippen LogP contribution in [0.3, 0.4) is 0 Å².